The van der Waals surface area contributed by atoms with Crippen LogP contribution < -0.4 is 0 Å². The lowest BCUT2D eigenvalue weighted by Gasteiger charge is -2.64. The molecule has 4 N–H and O–H groups in total. The van der Waals surface area contributed by atoms with Crippen molar-refractivity contribution in [2.75, 3.05) is 6.61 Å². The van der Waals surface area contributed by atoms with Crippen molar-refractivity contribution in [1.82, 2.24) is 0 Å². The third-order valence-electron chi connectivity index (χ3n) is 13.0. The smallest absolute Gasteiger partial charge is 0.0853 e. The van der Waals surface area contributed by atoms with E-state index in [4.69, 9.17) is 0 Å². The Morgan fingerprint density at radius 3 is 2.21 bits per heavy atom. The monoisotopic (exact) mass is 474 g/mol. The Morgan fingerprint density at radius 1 is 0.824 bits per heavy atom. The Hall–Kier alpha value is -0.420. The third-order valence-corrected chi connectivity index (χ3v) is 13.0. The molecule has 4 fully saturated rings. The van der Waals surface area contributed by atoms with Crippen LogP contribution >= 0.6 is 0 Å². The van der Waals surface area contributed by atoms with E-state index >= 15 is 0 Å². The highest BCUT2D eigenvalue weighted by molar-refractivity contribution is 5.26. The molecule has 5 rings (SSSR count). The van der Waals surface area contributed by atoms with Crippen molar-refractivity contribution in [2.24, 2.45) is 50.7 Å². The first-order chi connectivity index (χ1) is 15.7. The molecule has 0 radical (unpaired) electrons. The van der Waals surface area contributed by atoms with Crippen LogP contribution in [0.4, 0.5) is 0 Å². The molecular formula is C30H50O4. The van der Waals surface area contributed by atoms with Gasteiger partial charge in [0.15, 0.2) is 0 Å². The van der Waals surface area contributed by atoms with Gasteiger partial charge >= 0.3 is 0 Å². The summed E-state index contributed by atoms with van der Waals surface area (Å²) in [6.07, 6.45) is 10.1. The standard InChI is InChI=1S/C30H50O4/c1-26(2)21-9-7-18-15-27(3)13-11-23-28(4,14-12-24(33)30(23,6)17-31)22(27)10-8-19(18)29(21,5)16-20(32)25(26)34/h7,19-25,31-34H,8-17H2,1-6H3/t19-,20+,21-,22+,23+,24-,25+,27-,28+,29+,30+/m0/s1. The first-order valence-electron chi connectivity index (χ1n) is 14.1. The van der Waals surface area contributed by atoms with E-state index in [1.165, 1.54) is 6.42 Å². The molecule has 0 aromatic carbocycles. The van der Waals surface area contributed by atoms with Crippen molar-refractivity contribution in [3.05, 3.63) is 11.6 Å². The van der Waals surface area contributed by atoms with Crippen molar-refractivity contribution in [2.45, 2.75) is 118 Å². The van der Waals surface area contributed by atoms with E-state index in [1.54, 1.807) is 5.57 Å². The molecular weight excluding hydrogens is 424 g/mol. The molecule has 5 aliphatic carbocycles. The van der Waals surface area contributed by atoms with Gasteiger partial charge < -0.3 is 20.4 Å². The summed E-state index contributed by atoms with van der Waals surface area (Å²) < 4.78 is 0. The SMILES string of the molecule is CC1(C)[C@H](O)[C@H](O)C[C@]2(C)[C@H]3CC[C@@H]4[C@@](C)(CC[C@@H]5[C@]4(C)CC[C@H](O)[C@]5(C)CO)CC3=CC[C@@H]12. The quantitative estimate of drug-likeness (QED) is 0.399. The first-order valence-corrected chi connectivity index (χ1v) is 14.1. The van der Waals surface area contributed by atoms with Crippen LogP contribution in [0, 0.1) is 50.7 Å². The molecule has 0 saturated heterocycles. The predicted molar refractivity (Wildman–Crippen MR) is 135 cm³/mol. The molecule has 0 amide bonds. The summed E-state index contributed by atoms with van der Waals surface area (Å²) in [5.74, 6) is 1.79. The van der Waals surface area contributed by atoms with Crippen LogP contribution in [0.2, 0.25) is 0 Å². The Labute approximate surface area is 207 Å². The van der Waals surface area contributed by atoms with Crippen molar-refractivity contribution in [3.8, 4) is 0 Å². The third kappa shape index (κ3) is 3.17. The molecule has 0 heterocycles. The normalized spacial score (nSPS) is 56.8. The molecule has 34 heavy (non-hydrogen) atoms. The van der Waals surface area contributed by atoms with Gasteiger partial charge in [-0.05, 0) is 103 Å². The minimum Gasteiger partial charge on any atom is -0.396 e. The lowest BCUT2D eigenvalue weighted by molar-refractivity contribution is -0.189. The minimum absolute atomic E-state index is 0.0127. The number of rotatable bonds is 1. The Kier molecular flexibility index (Phi) is 5.78. The maximum absolute atomic E-state index is 10.9. The molecule has 0 unspecified atom stereocenters. The Balaban J connectivity index is 1.51. The van der Waals surface area contributed by atoms with Crippen LogP contribution in [-0.4, -0.2) is 45.3 Å². The molecule has 4 nitrogen and oxygen atoms in total. The van der Waals surface area contributed by atoms with Crippen LogP contribution in [0.3, 0.4) is 0 Å². The van der Waals surface area contributed by atoms with Gasteiger partial charge in [-0.2, -0.15) is 0 Å². The molecule has 0 spiro atoms. The van der Waals surface area contributed by atoms with Crippen LogP contribution in [-0.2, 0) is 0 Å². The highest BCUT2D eigenvalue weighted by atomic mass is 16.3. The molecule has 0 aliphatic heterocycles. The molecule has 0 aromatic rings. The number of allylic oxidation sites excluding steroid dienone is 2. The van der Waals surface area contributed by atoms with E-state index in [0.29, 0.717) is 30.1 Å². The van der Waals surface area contributed by atoms with Gasteiger partial charge in [0.2, 0.25) is 0 Å². The highest BCUT2D eigenvalue weighted by Gasteiger charge is 2.64. The summed E-state index contributed by atoms with van der Waals surface area (Å²) in [6.45, 7) is 13.9. The fourth-order valence-corrected chi connectivity index (χ4v) is 11.1. The summed E-state index contributed by atoms with van der Waals surface area (Å²) in [5.41, 5.74) is 1.31. The van der Waals surface area contributed by atoms with Crippen molar-refractivity contribution in [1.29, 1.82) is 0 Å². The van der Waals surface area contributed by atoms with Gasteiger partial charge in [0.25, 0.3) is 0 Å². The molecule has 5 aliphatic rings. The van der Waals surface area contributed by atoms with Crippen molar-refractivity contribution >= 4 is 0 Å². The summed E-state index contributed by atoms with van der Waals surface area (Å²) in [6, 6.07) is 0. The zero-order chi connectivity index (χ0) is 24.9. The molecule has 194 valence electrons. The Bertz CT molecular complexity index is 851. The topological polar surface area (TPSA) is 80.9 Å². The van der Waals surface area contributed by atoms with Crippen molar-refractivity contribution < 1.29 is 20.4 Å². The molecule has 0 bridgehead atoms. The zero-order valence-corrected chi connectivity index (χ0v) is 22.5. The van der Waals surface area contributed by atoms with Crippen LogP contribution in [0.5, 0.6) is 0 Å². The summed E-state index contributed by atoms with van der Waals surface area (Å²) >= 11 is 0. The van der Waals surface area contributed by atoms with E-state index < -0.39 is 23.7 Å². The summed E-state index contributed by atoms with van der Waals surface area (Å²) in [7, 11) is 0. The fourth-order valence-electron chi connectivity index (χ4n) is 11.1. The van der Waals surface area contributed by atoms with Gasteiger partial charge in [0, 0.05) is 5.41 Å². The van der Waals surface area contributed by atoms with Crippen LogP contribution in [0.1, 0.15) is 99.3 Å². The second-order valence-corrected chi connectivity index (χ2v) is 14.9. The van der Waals surface area contributed by atoms with Crippen molar-refractivity contribution in [3.63, 3.8) is 0 Å². The predicted octanol–water partition coefficient (Wildman–Crippen LogP) is 5.08. The van der Waals surface area contributed by atoms with Crippen LogP contribution in [0.25, 0.3) is 0 Å². The number of hydrogen-bond acceptors (Lipinski definition) is 4. The number of aliphatic hydroxyl groups excluding tert-OH is 4. The number of hydrogen-bond donors (Lipinski definition) is 4. The first kappa shape index (κ1) is 25.2. The summed E-state index contributed by atoms with van der Waals surface area (Å²) in [5, 5.41) is 43.1. The van der Waals surface area contributed by atoms with Gasteiger partial charge in [-0.1, -0.05) is 53.2 Å². The average molecular weight is 475 g/mol. The number of fused-ring (bicyclic) bond motifs is 6. The van der Waals surface area contributed by atoms with E-state index in [0.717, 1.165) is 44.9 Å². The van der Waals surface area contributed by atoms with Gasteiger partial charge in [0.05, 0.1) is 24.9 Å². The largest absolute Gasteiger partial charge is 0.396 e. The maximum Gasteiger partial charge on any atom is 0.0853 e. The van der Waals surface area contributed by atoms with Gasteiger partial charge in [-0.15, -0.1) is 0 Å². The molecule has 0 aromatic heterocycles. The van der Waals surface area contributed by atoms with E-state index in [1.807, 2.05) is 0 Å². The maximum atomic E-state index is 10.9. The molecule has 4 saturated carbocycles. The van der Waals surface area contributed by atoms with Crippen LogP contribution in [0.15, 0.2) is 11.6 Å². The van der Waals surface area contributed by atoms with E-state index in [-0.39, 0.29) is 28.3 Å². The fraction of sp³-hybridized carbons (Fsp3) is 0.933. The zero-order valence-electron chi connectivity index (χ0n) is 22.5. The second-order valence-electron chi connectivity index (χ2n) is 14.9. The Morgan fingerprint density at radius 2 is 1.53 bits per heavy atom. The lowest BCUT2D eigenvalue weighted by atomic mass is 9.42. The van der Waals surface area contributed by atoms with Gasteiger partial charge in [0.1, 0.15) is 0 Å². The molecule has 11 atom stereocenters. The minimum atomic E-state index is -0.657. The second kappa shape index (κ2) is 7.79. The average Bonchev–Trinajstić information content (AvgIpc) is 2.92. The lowest BCUT2D eigenvalue weighted by Crippen LogP contribution is -2.60. The summed E-state index contributed by atoms with van der Waals surface area (Å²) in [4.78, 5) is 0. The van der Waals surface area contributed by atoms with E-state index in [2.05, 4.69) is 47.6 Å². The van der Waals surface area contributed by atoms with E-state index in [9.17, 15) is 20.4 Å². The molecule has 4 heteroatoms. The van der Waals surface area contributed by atoms with Gasteiger partial charge in [-0.3, -0.25) is 0 Å². The number of aliphatic hydroxyl groups is 4. The highest BCUT2D eigenvalue weighted by Crippen LogP contribution is 2.70. The van der Waals surface area contributed by atoms with Gasteiger partial charge in [-0.25, -0.2) is 0 Å².